The van der Waals surface area contributed by atoms with Gasteiger partial charge >= 0.3 is 0 Å². The van der Waals surface area contributed by atoms with Crippen molar-refractivity contribution in [2.24, 2.45) is 7.05 Å². The molecule has 0 saturated carbocycles. The van der Waals surface area contributed by atoms with Crippen LogP contribution in [0, 0.1) is 6.92 Å². The van der Waals surface area contributed by atoms with E-state index in [0.29, 0.717) is 26.3 Å². The van der Waals surface area contributed by atoms with Crippen molar-refractivity contribution in [3.05, 3.63) is 71.9 Å². The predicted molar refractivity (Wildman–Crippen MR) is 115 cm³/mol. The number of amides is 1. The quantitative estimate of drug-likeness (QED) is 0.633. The molecule has 0 unspecified atom stereocenters. The van der Waals surface area contributed by atoms with E-state index in [9.17, 15) is 4.79 Å². The summed E-state index contributed by atoms with van der Waals surface area (Å²) >= 11 is 0. The molecule has 1 saturated heterocycles. The monoisotopic (exact) mass is 396 g/mol. The maximum Gasteiger partial charge on any atom is 0.254 e. The molecule has 4 rings (SSSR count). The standard InChI is InChI=1S/C14H16N2O2.C7H8.2CH2O/c1-15-6-5-11-12(3-2-4-13(11)15)14(17)16-7-9-18-10-8-16;1-7-5-3-2-4-6-7;2*1-2/h2-6H,7-10H2,1H3;2-6H,1H3;2*1H2. The second-order valence-corrected chi connectivity index (χ2v) is 6.22. The van der Waals surface area contributed by atoms with Crippen LogP contribution in [-0.2, 0) is 21.4 Å². The molecule has 0 spiro atoms. The summed E-state index contributed by atoms with van der Waals surface area (Å²) in [7, 11) is 1.99. The highest BCUT2D eigenvalue weighted by atomic mass is 16.5. The van der Waals surface area contributed by atoms with Crippen LogP contribution in [0.15, 0.2) is 60.8 Å². The van der Waals surface area contributed by atoms with Gasteiger partial charge in [0.25, 0.3) is 5.91 Å². The molecule has 0 bridgehead atoms. The van der Waals surface area contributed by atoms with Crippen LogP contribution in [0.3, 0.4) is 0 Å². The topological polar surface area (TPSA) is 68.6 Å². The molecule has 6 heteroatoms. The number of carbonyl (C=O) groups excluding carboxylic acids is 3. The second kappa shape index (κ2) is 13.0. The van der Waals surface area contributed by atoms with Crippen molar-refractivity contribution >= 4 is 30.4 Å². The van der Waals surface area contributed by atoms with E-state index in [1.54, 1.807) is 0 Å². The van der Waals surface area contributed by atoms with E-state index < -0.39 is 0 Å². The number of aryl methyl sites for hydroxylation is 2. The van der Waals surface area contributed by atoms with Gasteiger partial charge in [-0.05, 0) is 25.1 Å². The lowest BCUT2D eigenvalue weighted by Crippen LogP contribution is -2.40. The molecule has 0 aliphatic carbocycles. The molecule has 3 aromatic rings. The smallest absolute Gasteiger partial charge is 0.254 e. The molecule has 1 aliphatic heterocycles. The number of hydrogen-bond donors (Lipinski definition) is 0. The Kier molecular flexibility index (Phi) is 10.7. The molecule has 154 valence electrons. The molecule has 0 radical (unpaired) electrons. The number of carbonyl (C=O) groups is 3. The molecule has 1 amide bonds. The summed E-state index contributed by atoms with van der Waals surface area (Å²) in [5, 5.41) is 1.02. The SMILES string of the molecule is C=O.C=O.Cc1ccccc1.Cn1ccc2c(C(=O)N3CCOCC3)cccc21. The summed E-state index contributed by atoms with van der Waals surface area (Å²) in [6, 6.07) is 18.1. The molecular formula is C23H28N2O4. The average Bonchev–Trinajstić information content (AvgIpc) is 3.19. The Balaban J connectivity index is 0.000000321. The van der Waals surface area contributed by atoms with Crippen LogP contribution < -0.4 is 0 Å². The van der Waals surface area contributed by atoms with Gasteiger partial charge in [0.15, 0.2) is 0 Å². The van der Waals surface area contributed by atoms with Gasteiger partial charge in [0, 0.05) is 42.8 Å². The van der Waals surface area contributed by atoms with Crippen molar-refractivity contribution < 1.29 is 19.1 Å². The highest BCUT2D eigenvalue weighted by Crippen LogP contribution is 2.21. The zero-order chi connectivity index (χ0) is 21.6. The fraction of sp³-hybridized carbons (Fsp3) is 0.261. The summed E-state index contributed by atoms with van der Waals surface area (Å²) < 4.78 is 7.31. The maximum absolute atomic E-state index is 12.5. The number of nitrogens with zero attached hydrogens (tertiary/aromatic N) is 2. The first-order chi connectivity index (χ1) is 14.2. The maximum atomic E-state index is 12.5. The van der Waals surface area contributed by atoms with Gasteiger partial charge in [0.05, 0.1) is 13.2 Å². The minimum Gasteiger partial charge on any atom is -0.378 e. The van der Waals surface area contributed by atoms with Gasteiger partial charge in [-0.25, -0.2) is 0 Å². The highest BCUT2D eigenvalue weighted by Gasteiger charge is 2.20. The number of rotatable bonds is 1. The van der Waals surface area contributed by atoms with Crippen molar-refractivity contribution in [1.82, 2.24) is 9.47 Å². The minimum absolute atomic E-state index is 0.107. The van der Waals surface area contributed by atoms with Crippen molar-refractivity contribution in [1.29, 1.82) is 0 Å². The number of ether oxygens (including phenoxy) is 1. The van der Waals surface area contributed by atoms with E-state index in [1.807, 2.05) is 78.8 Å². The Bertz CT molecular complexity index is 869. The molecule has 1 aromatic heterocycles. The normalized spacial score (nSPS) is 12.4. The molecule has 2 aromatic carbocycles. The Morgan fingerprint density at radius 1 is 0.897 bits per heavy atom. The van der Waals surface area contributed by atoms with E-state index in [-0.39, 0.29) is 5.91 Å². The molecule has 6 nitrogen and oxygen atoms in total. The third kappa shape index (κ3) is 6.69. The summed E-state index contributed by atoms with van der Waals surface area (Å²) in [5.41, 5.74) is 3.20. The number of aromatic nitrogens is 1. The first-order valence-corrected chi connectivity index (χ1v) is 9.17. The number of hydrogen-bond acceptors (Lipinski definition) is 4. The molecule has 0 atom stereocenters. The molecule has 29 heavy (non-hydrogen) atoms. The highest BCUT2D eigenvalue weighted by molar-refractivity contribution is 6.06. The van der Waals surface area contributed by atoms with Gasteiger partial charge < -0.3 is 23.8 Å². The number of morpholine rings is 1. The zero-order valence-electron chi connectivity index (χ0n) is 17.0. The summed E-state index contributed by atoms with van der Waals surface area (Å²) in [6.07, 6.45) is 1.99. The molecular weight excluding hydrogens is 368 g/mol. The van der Waals surface area contributed by atoms with Crippen molar-refractivity contribution in [2.45, 2.75) is 6.92 Å². The van der Waals surface area contributed by atoms with E-state index in [0.717, 1.165) is 16.5 Å². The fourth-order valence-corrected chi connectivity index (χ4v) is 2.96. The van der Waals surface area contributed by atoms with E-state index in [4.69, 9.17) is 14.3 Å². The molecule has 0 N–H and O–H groups in total. The first kappa shape index (κ1) is 23.8. The minimum atomic E-state index is 0.107. The summed E-state index contributed by atoms with van der Waals surface area (Å²) in [4.78, 5) is 30.4. The molecule has 1 fully saturated rings. The van der Waals surface area contributed by atoms with Gasteiger partial charge in [-0.15, -0.1) is 0 Å². The first-order valence-electron chi connectivity index (χ1n) is 9.17. The van der Waals surface area contributed by atoms with Crippen LogP contribution in [0.25, 0.3) is 10.9 Å². The lowest BCUT2D eigenvalue weighted by molar-refractivity contribution is -0.0987. The molecule has 1 aliphatic rings. The van der Waals surface area contributed by atoms with Gasteiger partial charge in [-0.3, -0.25) is 4.79 Å². The average molecular weight is 396 g/mol. The van der Waals surface area contributed by atoms with Gasteiger partial charge in [0.2, 0.25) is 0 Å². The summed E-state index contributed by atoms with van der Waals surface area (Å²) in [6.45, 7) is 8.72. The number of fused-ring (bicyclic) bond motifs is 1. The van der Waals surface area contributed by atoms with Gasteiger partial charge in [-0.2, -0.15) is 0 Å². The Hall–Kier alpha value is -3.25. The van der Waals surface area contributed by atoms with Crippen LogP contribution in [0.2, 0.25) is 0 Å². The Morgan fingerprint density at radius 2 is 1.52 bits per heavy atom. The Labute approximate surface area is 171 Å². The van der Waals surface area contributed by atoms with Gasteiger partial charge in [0.1, 0.15) is 13.6 Å². The fourth-order valence-electron chi connectivity index (χ4n) is 2.96. The van der Waals surface area contributed by atoms with Crippen molar-refractivity contribution in [3.8, 4) is 0 Å². The van der Waals surface area contributed by atoms with E-state index >= 15 is 0 Å². The third-order valence-electron chi connectivity index (χ3n) is 4.40. The Morgan fingerprint density at radius 3 is 2.07 bits per heavy atom. The van der Waals surface area contributed by atoms with Gasteiger partial charge in [-0.1, -0.05) is 42.0 Å². The largest absolute Gasteiger partial charge is 0.378 e. The predicted octanol–water partition coefficient (Wildman–Crippen LogP) is 3.28. The van der Waals surface area contributed by atoms with Crippen LogP contribution >= 0.6 is 0 Å². The zero-order valence-corrected chi connectivity index (χ0v) is 17.0. The lowest BCUT2D eigenvalue weighted by atomic mass is 10.1. The van der Waals surface area contributed by atoms with E-state index in [2.05, 4.69) is 19.1 Å². The number of benzene rings is 2. The summed E-state index contributed by atoms with van der Waals surface area (Å²) in [5.74, 6) is 0.107. The van der Waals surface area contributed by atoms with Crippen LogP contribution in [0.4, 0.5) is 0 Å². The van der Waals surface area contributed by atoms with Crippen molar-refractivity contribution in [2.75, 3.05) is 26.3 Å². The van der Waals surface area contributed by atoms with Crippen LogP contribution in [-0.4, -0.2) is 55.3 Å². The van der Waals surface area contributed by atoms with Crippen molar-refractivity contribution in [3.63, 3.8) is 0 Å². The van der Waals surface area contributed by atoms with E-state index in [1.165, 1.54) is 5.56 Å². The van der Waals surface area contributed by atoms with Crippen LogP contribution in [0.1, 0.15) is 15.9 Å². The molecule has 2 heterocycles. The van der Waals surface area contributed by atoms with Crippen LogP contribution in [0.5, 0.6) is 0 Å². The third-order valence-corrected chi connectivity index (χ3v) is 4.40. The second-order valence-electron chi connectivity index (χ2n) is 6.22. The lowest BCUT2D eigenvalue weighted by Gasteiger charge is -2.27.